The molecule has 0 N–H and O–H groups in total. The lowest BCUT2D eigenvalue weighted by molar-refractivity contribution is 1.02. The highest BCUT2D eigenvalue weighted by atomic mass is 79.9. The van der Waals surface area contributed by atoms with Gasteiger partial charge in [-0.2, -0.15) is 5.26 Å². The predicted molar refractivity (Wildman–Crippen MR) is 36.7 cm³/mol. The van der Waals surface area contributed by atoms with Gasteiger partial charge in [0.2, 0.25) is 0 Å². The van der Waals surface area contributed by atoms with Crippen molar-refractivity contribution in [2.45, 2.75) is 11.2 Å². The minimum absolute atomic E-state index is 0.0203. The monoisotopic (exact) mass is 225 g/mol. The molecule has 7 heavy (non-hydrogen) atoms. The molecular formula is C4H5Br2N. The third kappa shape index (κ3) is 4.30. The van der Waals surface area contributed by atoms with Crippen molar-refractivity contribution in [2.24, 2.45) is 0 Å². The van der Waals surface area contributed by atoms with Gasteiger partial charge in [-0.25, -0.2) is 0 Å². The number of rotatable bonds is 2. The minimum atomic E-state index is 0.0203. The summed E-state index contributed by atoms with van der Waals surface area (Å²) in [5.74, 6) is 0. The Morgan fingerprint density at radius 2 is 2.29 bits per heavy atom. The van der Waals surface area contributed by atoms with E-state index in [0.29, 0.717) is 0 Å². The molecule has 0 aliphatic heterocycles. The summed E-state index contributed by atoms with van der Waals surface area (Å²) < 4.78 is 0. The van der Waals surface area contributed by atoms with Crippen LogP contribution in [0, 0.1) is 11.3 Å². The molecule has 0 heterocycles. The van der Waals surface area contributed by atoms with E-state index < -0.39 is 0 Å². The number of halogens is 2. The van der Waals surface area contributed by atoms with Crippen molar-refractivity contribution in [1.29, 1.82) is 5.26 Å². The van der Waals surface area contributed by atoms with E-state index >= 15 is 0 Å². The fourth-order valence-electron chi connectivity index (χ4n) is 0.160. The molecule has 1 nitrogen and oxygen atoms in total. The zero-order valence-corrected chi connectivity index (χ0v) is 6.87. The lowest BCUT2D eigenvalue weighted by atomic mass is 10.4. The smallest absolute Gasteiger partial charge is 0.102 e. The van der Waals surface area contributed by atoms with Crippen LogP contribution in [0.3, 0.4) is 0 Å². The van der Waals surface area contributed by atoms with E-state index in [1.807, 2.05) is 0 Å². The standard InChI is InChI=1S/C4H5Br2N/c5-2-1-4(6)3-7/h4H,1-2H2. The largest absolute Gasteiger partial charge is 0.197 e. The summed E-state index contributed by atoms with van der Waals surface area (Å²) in [6.07, 6.45) is 0.872. The van der Waals surface area contributed by atoms with Gasteiger partial charge in [0.05, 0.1) is 6.07 Å². The van der Waals surface area contributed by atoms with E-state index in [2.05, 4.69) is 37.9 Å². The Hall–Kier alpha value is 0.450. The van der Waals surface area contributed by atoms with Gasteiger partial charge >= 0.3 is 0 Å². The number of nitriles is 1. The predicted octanol–water partition coefficient (Wildman–Crippen LogP) is 2.06. The van der Waals surface area contributed by atoms with Gasteiger partial charge in [0.25, 0.3) is 0 Å². The molecule has 40 valence electrons. The van der Waals surface area contributed by atoms with Gasteiger partial charge in [0, 0.05) is 5.33 Å². The van der Waals surface area contributed by atoms with Crippen molar-refractivity contribution in [3.63, 3.8) is 0 Å². The molecule has 0 amide bonds. The topological polar surface area (TPSA) is 23.8 Å². The molecule has 0 fully saturated rings. The van der Waals surface area contributed by atoms with Gasteiger partial charge in [-0.3, -0.25) is 0 Å². The molecule has 0 radical (unpaired) electrons. The summed E-state index contributed by atoms with van der Waals surface area (Å²) in [5.41, 5.74) is 0. The first-order chi connectivity index (χ1) is 3.31. The Morgan fingerprint density at radius 3 is 2.43 bits per heavy atom. The molecule has 1 unspecified atom stereocenters. The molecule has 0 aromatic heterocycles. The normalized spacial score (nSPS) is 12.7. The third-order valence-corrected chi connectivity index (χ3v) is 1.62. The lowest BCUT2D eigenvalue weighted by Crippen LogP contribution is -1.91. The first kappa shape index (κ1) is 7.45. The Bertz CT molecular complexity index is 76.2. The van der Waals surface area contributed by atoms with Crippen LogP contribution in [-0.2, 0) is 0 Å². The van der Waals surface area contributed by atoms with Crippen molar-refractivity contribution >= 4 is 31.9 Å². The summed E-state index contributed by atoms with van der Waals surface area (Å²) in [7, 11) is 0. The van der Waals surface area contributed by atoms with Crippen molar-refractivity contribution < 1.29 is 0 Å². The molecular weight excluding hydrogens is 222 g/mol. The zero-order chi connectivity index (χ0) is 5.70. The van der Waals surface area contributed by atoms with Gasteiger partial charge < -0.3 is 0 Å². The highest BCUT2D eigenvalue weighted by Crippen LogP contribution is 2.03. The third-order valence-electron chi connectivity index (χ3n) is 0.503. The van der Waals surface area contributed by atoms with E-state index in [0.717, 1.165) is 11.8 Å². The quantitative estimate of drug-likeness (QED) is 0.662. The summed E-state index contributed by atoms with van der Waals surface area (Å²) in [6.45, 7) is 0. The summed E-state index contributed by atoms with van der Waals surface area (Å²) in [5, 5.41) is 9.03. The number of hydrogen-bond donors (Lipinski definition) is 0. The lowest BCUT2D eigenvalue weighted by Gasteiger charge is -1.89. The Kier molecular flexibility index (Phi) is 4.90. The van der Waals surface area contributed by atoms with Crippen LogP contribution in [-0.4, -0.2) is 10.2 Å². The number of alkyl halides is 2. The number of nitrogens with zero attached hydrogens (tertiary/aromatic N) is 1. The van der Waals surface area contributed by atoms with Crippen LogP contribution in [0.15, 0.2) is 0 Å². The Balaban J connectivity index is 3.04. The van der Waals surface area contributed by atoms with Crippen molar-refractivity contribution in [1.82, 2.24) is 0 Å². The molecule has 1 atom stereocenters. The van der Waals surface area contributed by atoms with E-state index in [4.69, 9.17) is 5.26 Å². The average Bonchev–Trinajstić information content (AvgIpc) is 1.68. The first-order valence-electron chi connectivity index (χ1n) is 1.91. The van der Waals surface area contributed by atoms with Crippen LogP contribution < -0.4 is 0 Å². The highest BCUT2D eigenvalue weighted by Gasteiger charge is 1.96. The van der Waals surface area contributed by atoms with Gasteiger partial charge in [-0.15, -0.1) is 0 Å². The fraction of sp³-hybridized carbons (Fsp3) is 0.750. The Labute approximate surface area is 60.0 Å². The molecule has 3 heteroatoms. The number of hydrogen-bond acceptors (Lipinski definition) is 1. The fourth-order valence-corrected chi connectivity index (χ4v) is 1.46. The van der Waals surface area contributed by atoms with Crippen molar-refractivity contribution in [2.75, 3.05) is 5.33 Å². The average molecular weight is 227 g/mol. The van der Waals surface area contributed by atoms with Crippen LogP contribution in [0.1, 0.15) is 6.42 Å². The van der Waals surface area contributed by atoms with Gasteiger partial charge in [-0.05, 0) is 6.42 Å². The van der Waals surface area contributed by atoms with Crippen LogP contribution >= 0.6 is 31.9 Å². The molecule has 0 bridgehead atoms. The summed E-state index contributed by atoms with van der Waals surface area (Å²) in [6, 6.07) is 2.05. The van der Waals surface area contributed by atoms with Gasteiger partial charge in [0.15, 0.2) is 0 Å². The second kappa shape index (κ2) is 4.61. The maximum Gasteiger partial charge on any atom is 0.102 e. The van der Waals surface area contributed by atoms with E-state index in [1.54, 1.807) is 0 Å². The van der Waals surface area contributed by atoms with Gasteiger partial charge in [0.1, 0.15) is 4.83 Å². The van der Waals surface area contributed by atoms with Crippen LogP contribution in [0.2, 0.25) is 0 Å². The van der Waals surface area contributed by atoms with Crippen molar-refractivity contribution in [3.05, 3.63) is 0 Å². The second-order valence-electron chi connectivity index (χ2n) is 1.07. The highest BCUT2D eigenvalue weighted by molar-refractivity contribution is 9.10. The Morgan fingerprint density at radius 1 is 1.71 bits per heavy atom. The second-order valence-corrected chi connectivity index (χ2v) is 2.97. The molecule has 0 aliphatic rings. The summed E-state index contributed by atoms with van der Waals surface area (Å²) in [4.78, 5) is 0.0203. The first-order valence-corrected chi connectivity index (χ1v) is 3.94. The van der Waals surface area contributed by atoms with Crippen molar-refractivity contribution in [3.8, 4) is 6.07 Å². The van der Waals surface area contributed by atoms with Crippen LogP contribution in [0.25, 0.3) is 0 Å². The summed E-state index contributed by atoms with van der Waals surface area (Å²) >= 11 is 6.36. The van der Waals surface area contributed by atoms with E-state index in [-0.39, 0.29) is 4.83 Å². The maximum atomic E-state index is 8.15. The van der Waals surface area contributed by atoms with Gasteiger partial charge in [-0.1, -0.05) is 31.9 Å². The molecule has 0 spiro atoms. The molecule has 0 rings (SSSR count). The van der Waals surface area contributed by atoms with Crippen LogP contribution in [0.5, 0.6) is 0 Å². The maximum absolute atomic E-state index is 8.15. The minimum Gasteiger partial charge on any atom is -0.197 e. The molecule has 0 aromatic rings. The van der Waals surface area contributed by atoms with Crippen LogP contribution in [0.4, 0.5) is 0 Å². The molecule has 0 aromatic carbocycles. The SMILES string of the molecule is N#CC(Br)CCBr. The van der Waals surface area contributed by atoms with E-state index in [1.165, 1.54) is 0 Å². The molecule has 0 saturated carbocycles. The zero-order valence-electron chi connectivity index (χ0n) is 3.69. The molecule has 0 aliphatic carbocycles. The molecule has 0 saturated heterocycles. The van der Waals surface area contributed by atoms with E-state index in [9.17, 15) is 0 Å².